The topological polar surface area (TPSA) is 38.3 Å². The molecule has 1 aromatic rings. The third kappa shape index (κ3) is 5.04. The minimum absolute atomic E-state index is 0.246. The van der Waals surface area contributed by atoms with Crippen molar-refractivity contribution in [2.75, 3.05) is 18.5 Å². The Bertz CT molecular complexity index is 371. The zero-order chi connectivity index (χ0) is 13.2. The van der Waals surface area contributed by atoms with Crippen LogP contribution in [0.5, 0.6) is 0 Å². The molecule has 18 heavy (non-hydrogen) atoms. The highest BCUT2D eigenvalue weighted by Gasteiger charge is 2.05. The zero-order valence-electron chi connectivity index (χ0n) is 10.9. The average Bonchev–Trinajstić information content (AvgIpc) is 2.41. The highest BCUT2D eigenvalue weighted by atomic mass is 16.5. The Balaban J connectivity index is 2.41. The van der Waals surface area contributed by atoms with Crippen molar-refractivity contribution in [1.29, 1.82) is 0 Å². The molecule has 0 spiro atoms. The summed E-state index contributed by atoms with van der Waals surface area (Å²) in [6.07, 6.45) is 5.18. The van der Waals surface area contributed by atoms with Gasteiger partial charge in [0, 0.05) is 12.2 Å². The van der Waals surface area contributed by atoms with Crippen molar-refractivity contribution in [3.8, 4) is 0 Å². The van der Waals surface area contributed by atoms with Crippen LogP contribution >= 0.6 is 0 Å². The normalized spacial score (nSPS) is 9.83. The van der Waals surface area contributed by atoms with Crippen molar-refractivity contribution in [3.05, 3.63) is 42.5 Å². The third-order valence-corrected chi connectivity index (χ3v) is 2.56. The number of carbonyl (C=O) groups is 1. The summed E-state index contributed by atoms with van der Waals surface area (Å²) in [5, 5.41) is 3.32. The second-order valence-corrected chi connectivity index (χ2v) is 4.10. The van der Waals surface area contributed by atoms with Gasteiger partial charge in [0.1, 0.15) is 6.61 Å². The molecule has 1 N–H and O–H groups in total. The van der Waals surface area contributed by atoms with Gasteiger partial charge in [0.2, 0.25) is 0 Å². The van der Waals surface area contributed by atoms with Crippen molar-refractivity contribution in [2.24, 2.45) is 0 Å². The van der Waals surface area contributed by atoms with Gasteiger partial charge in [-0.15, -0.1) is 0 Å². The molecule has 0 heterocycles. The summed E-state index contributed by atoms with van der Waals surface area (Å²) in [4.78, 5) is 11.5. The van der Waals surface area contributed by atoms with Crippen LogP contribution < -0.4 is 5.32 Å². The van der Waals surface area contributed by atoms with Crippen LogP contribution in [0.15, 0.2) is 36.9 Å². The summed E-state index contributed by atoms with van der Waals surface area (Å²) >= 11 is 0. The number of ether oxygens (including phenoxy) is 1. The molecule has 0 radical (unpaired) electrons. The fraction of sp³-hybridized carbons (Fsp3) is 0.400. The van der Waals surface area contributed by atoms with Gasteiger partial charge >= 0.3 is 5.97 Å². The van der Waals surface area contributed by atoms with E-state index in [1.807, 2.05) is 12.1 Å². The molecule has 0 unspecified atom stereocenters. The Morgan fingerprint density at radius 3 is 2.67 bits per heavy atom. The SMILES string of the molecule is C=CCOC(=O)c1ccc(NCCCCC)cc1. The van der Waals surface area contributed by atoms with Crippen LogP contribution in [0.3, 0.4) is 0 Å². The molecule has 3 nitrogen and oxygen atoms in total. The predicted octanol–water partition coefficient (Wildman–Crippen LogP) is 3.63. The molecule has 98 valence electrons. The van der Waals surface area contributed by atoms with E-state index < -0.39 is 0 Å². The summed E-state index contributed by atoms with van der Waals surface area (Å²) in [5.74, 6) is -0.313. The van der Waals surface area contributed by atoms with Gasteiger partial charge in [0.05, 0.1) is 5.56 Å². The zero-order valence-corrected chi connectivity index (χ0v) is 10.9. The lowest BCUT2D eigenvalue weighted by Crippen LogP contribution is -2.06. The molecular weight excluding hydrogens is 226 g/mol. The summed E-state index contributed by atoms with van der Waals surface area (Å²) in [6.45, 7) is 6.90. The molecule has 1 aromatic carbocycles. The van der Waals surface area contributed by atoms with Crippen LogP contribution in [-0.4, -0.2) is 19.1 Å². The van der Waals surface area contributed by atoms with Crippen LogP contribution in [-0.2, 0) is 4.74 Å². The first-order valence-corrected chi connectivity index (χ1v) is 6.40. The fourth-order valence-electron chi connectivity index (χ4n) is 1.55. The molecule has 0 aromatic heterocycles. The van der Waals surface area contributed by atoms with E-state index in [9.17, 15) is 4.79 Å². The molecule has 0 bridgehead atoms. The number of hydrogen-bond acceptors (Lipinski definition) is 3. The Hall–Kier alpha value is -1.77. The summed E-state index contributed by atoms with van der Waals surface area (Å²) < 4.78 is 4.95. The van der Waals surface area contributed by atoms with Gasteiger partial charge in [0.15, 0.2) is 0 Å². The number of hydrogen-bond donors (Lipinski definition) is 1. The molecule has 0 saturated heterocycles. The number of anilines is 1. The lowest BCUT2D eigenvalue weighted by atomic mass is 10.2. The maximum absolute atomic E-state index is 11.5. The lowest BCUT2D eigenvalue weighted by Gasteiger charge is -2.07. The van der Waals surface area contributed by atoms with E-state index in [1.165, 1.54) is 19.3 Å². The maximum atomic E-state index is 11.5. The van der Waals surface area contributed by atoms with E-state index >= 15 is 0 Å². The van der Waals surface area contributed by atoms with Crippen LogP contribution in [0.2, 0.25) is 0 Å². The van der Waals surface area contributed by atoms with Gasteiger partial charge < -0.3 is 10.1 Å². The summed E-state index contributed by atoms with van der Waals surface area (Å²) in [7, 11) is 0. The third-order valence-electron chi connectivity index (χ3n) is 2.56. The molecule has 0 aliphatic rings. The van der Waals surface area contributed by atoms with E-state index in [4.69, 9.17) is 4.74 Å². The highest BCUT2D eigenvalue weighted by Crippen LogP contribution is 2.11. The fourth-order valence-corrected chi connectivity index (χ4v) is 1.55. The molecule has 0 atom stereocenters. The number of unbranched alkanes of at least 4 members (excludes halogenated alkanes) is 2. The number of nitrogens with one attached hydrogen (secondary N) is 1. The average molecular weight is 247 g/mol. The first-order valence-electron chi connectivity index (χ1n) is 6.40. The van der Waals surface area contributed by atoms with E-state index in [-0.39, 0.29) is 12.6 Å². The first kappa shape index (κ1) is 14.3. The van der Waals surface area contributed by atoms with Crippen LogP contribution in [0.1, 0.15) is 36.5 Å². The highest BCUT2D eigenvalue weighted by molar-refractivity contribution is 5.89. The molecule has 0 amide bonds. The quantitative estimate of drug-likeness (QED) is 0.433. The Labute approximate surface area is 109 Å². The van der Waals surface area contributed by atoms with Crippen LogP contribution in [0.4, 0.5) is 5.69 Å². The summed E-state index contributed by atoms with van der Waals surface area (Å²) in [6, 6.07) is 7.34. The van der Waals surface area contributed by atoms with Crippen molar-refractivity contribution in [3.63, 3.8) is 0 Å². The molecule has 0 aliphatic heterocycles. The van der Waals surface area contributed by atoms with Gasteiger partial charge in [0.25, 0.3) is 0 Å². The number of carbonyl (C=O) groups excluding carboxylic acids is 1. The van der Waals surface area contributed by atoms with Crippen molar-refractivity contribution in [1.82, 2.24) is 0 Å². The smallest absolute Gasteiger partial charge is 0.338 e. The van der Waals surface area contributed by atoms with E-state index in [0.29, 0.717) is 5.56 Å². The van der Waals surface area contributed by atoms with E-state index in [0.717, 1.165) is 12.2 Å². The molecule has 3 heteroatoms. The minimum atomic E-state index is -0.313. The van der Waals surface area contributed by atoms with Crippen molar-refractivity contribution in [2.45, 2.75) is 26.2 Å². The first-order chi connectivity index (χ1) is 8.77. The van der Waals surface area contributed by atoms with Crippen molar-refractivity contribution < 1.29 is 9.53 Å². The predicted molar refractivity (Wildman–Crippen MR) is 74.9 cm³/mol. The van der Waals surface area contributed by atoms with E-state index in [2.05, 4.69) is 18.8 Å². The largest absolute Gasteiger partial charge is 0.458 e. The van der Waals surface area contributed by atoms with Crippen molar-refractivity contribution >= 4 is 11.7 Å². The van der Waals surface area contributed by atoms with Gasteiger partial charge in [-0.25, -0.2) is 4.79 Å². The number of esters is 1. The Morgan fingerprint density at radius 1 is 1.33 bits per heavy atom. The van der Waals surface area contributed by atoms with Gasteiger partial charge in [-0.3, -0.25) is 0 Å². The van der Waals surface area contributed by atoms with Gasteiger partial charge in [-0.2, -0.15) is 0 Å². The second-order valence-electron chi connectivity index (χ2n) is 4.10. The Morgan fingerprint density at radius 2 is 2.06 bits per heavy atom. The lowest BCUT2D eigenvalue weighted by molar-refractivity contribution is 0.0550. The van der Waals surface area contributed by atoms with Gasteiger partial charge in [-0.1, -0.05) is 32.4 Å². The van der Waals surface area contributed by atoms with Gasteiger partial charge in [-0.05, 0) is 30.7 Å². The molecule has 0 aliphatic carbocycles. The maximum Gasteiger partial charge on any atom is 0.338 e. The number of rotatable bonds is 8. The van der Waals surface area contributed by atoms with Crippen LogP contribution in [0.25, 0.3) is 0 Å². The molecule has 1 rings (SSSR count). The molecular formula is C15H21NO2. The van der Waals surface area contributed by atoms with E-state index in [1.54, 1.807) is 18.2 Å². The summed E-state index contributed by atoms with van der Waals surface area (Å²) in [5.41, 5.74) is 1.60. The molecule has 0 saturated carbocycles. The van der Waals surface area contributed by atoms with Crippen LogP contribution in [0, 0.1) is 0 Å². The number of benzene rings is 1. The monoisotopic (exact) mass is 247 g/mol. The second kappa shape index (κ2) is 8.34. The standard InChI is InChI=1S/C15H21NO2/c1-3-5-6-11-16-14-9-7-13(8-10-14)15(17)18-12-4-2/h4,7-10,16H,2-3,5-6,11-12H2,1H3. The minimum Gasteiger partial charge on any atom is -0.458 e. The molecule has 0 fully saturated rings. The Kier molecular flexibility index (Phi) is 6.62.